The van der Waals surface area contributed by atoms with Gasteiger partial charge >= 0.3 is 0 Å². The van der Waals surface area contributed by atoms with Crippen molar-refractivity contribution in [2.75, 3.05) is 0 Å². The van der Waals surface area contributed by atoms with Crippen LogP contribution < -0.4 is 5.73 Å². The molecule has 0 heterocycles. The molecule has 0 saturated carbocycles. The van der Waals surface area contributed by atoms with Crippen LogP contribution in [-0.4, -0.2) is 16.3 Å². The molecule has 0 spiro atoms. The van der Waals surface area contributed by atoms with E-state index in [2.05, 4.69) is 0 Å². The van der Waals surface area contributed by atoms with E-state index in [-0.39, 0.29) is 5.75 Å². The number of phenolic OH excluding ortho intramolecular Hbond substituents is 1. The smallest absolute Gasteiger partial charge is 0.118 e. The largest absolute Gasteiger partial charge is 0.508 e. The van der Waals surface area contributed by atoms with Gasteiger partial charge in [0.15, 0.2) is 0 Å². The van der Waals surface area contributed by atoms with Gasteiger partial charge in [-0.3, -0.25) is 0 Å². The maximum Gasteiger partial charge on any atom is 0.118 e. The van der Waals surface area contributed by atoms with Gasteiger partial charge in [0.05, 0.1) is 12.1 Å². The summed E-state index contributed by atoms with van der Waals surface area (Å²) in [6, 6.07) is 4.70. The number of hydrogen-bond acceptors (Lipinski definition) is 3. The molecule has 13 heavy (non-hydrogen) atoms. The van der Waals surface area contributed by atoms with Gasteiger partial charge in [-0.1, -0.05) is 12.1 Å². The normalized spacial score (nSPS) is 15.4. The highest BCUT2D eigenvalue weighted by Gasteiger charge is 2.15. The number of aliphatic hydroxyl groups is 1. The molecular weight excluding hydrogens is 166 g/mol. The molecule has 1 aromatic carbocycles. The standard InChI is InChI=1S/C10H15NO2/c1-6-8(10(11)7(2)12)4-3-5-9(6)13/h3-5,7,10,12-13H,11H2,1-2H3/t7-,10-/m1/s1. The summed E-state index contributed by atoms with van der Waals surface area (Å²) in [6.45, 7) is 3.42. The first-order valence-corrected chi connectivity index (χ1v) is 4.26. The molecule has 0 unspecified atom stereocenters. The molecule has 0 aromatic heterocycles. The van der Waals surface area contributed by atoms with Gasteiger partial charge in [-0.05, 0) is 31.0 Å². The molecule has 0 amide bonds. The van der Waals surface area contributed by atoms with E-state index in [1.54, 1.807) is 26.0 Å². The van der Waals surface area contributed by atoms with Crippen LogP contribution in [-0.2, 0) is 0 Å². The maximum atomic E-state index is 9.39. The van der Waals surface area contributed by atoms with Gasteiger partial charge in [0, 0.05) is 0 Å². The van der Waals surface area contributed by atoms with Crippen molar-refractivity contribution < 1.29 is 10.2 Å². The summed E-state index contributed by atoms with van der Waals surface area (Å²) in [6.07, 6.45) is -0.611. The van der Waals surface area contributed by atoms with Crippen LogP contribution in [0.3, 0.4) is 0 Å². The highest BCUT2D eigenvalue weighted by molar-refractivity contribution is 5.39. The Bertz CT molecular complexity index is 297. The predicted molar refractivity (Wildman–Crippen MR) is 51.5 cm³/mol. The third kappa shape index (κ3) is 1.99. The molecule has 4 N–H and O–H groups in total. The molecule has 72 valence electrons. The SMILES string of the molecule is Cc1c(O)cccc1[C@H](N)[C@@H](C)O. The summed E-state index contributed by atoms with van der Waals surface area (Å²) in [5, 5.41) is 18.7. The van der Waals surface area contributed by atoms with E-state index in [0.717, 1.165) is 11.1 Å². The fourth-order valence-corrected chi connectivity index (χ4v) is 1.26. The second-order valence-electron chi connectivity index (χ2n) is 3.26. The molecule has 0 aliphatic carbocycles. The second kappa shape index (κ2) is 3.77. The molecule has 0 saturated heterocycles. The van der Waals surface area contributed by atoms with E-state index in [1.807, 2.05) is 6.07 Å². The molecular formula is C10H15NO2. The maximum absolute atomic E-state index is 9.39. The lowest BCUT2D eigenvalue weighted by Gasteiger charge is -2.17. The fraction of sp³-hybridized carbons (Fsp3) is 0.400. The molecule has 0 bridgehead atoms. The Balaban J connectivity index is 3.07. The highest BCUT2D eigenvalue weighted by atomic mass is 16.3. The van der Waals surface area contributed by atoms with Crippen LogP contribution in [0.4, 0.5) is 0 Å². The number of phenols is 1. The zero-order valence-electron chi connectivity index (χ0n) is 7.86. The highest BCUT2D eigenvalue weighted by Crippen LogP contribution is 2.25. The Morgan fingerprint density at radius 1 is 1.38 bits per heavy atom. The molecule has 3 nitrogen and oxygen atoms in total. The van der Waals surface area contributed by atoms with Gasteiger partial charge in [-0.15, -0.1) is 0 Å². The summed E-state index contributed by atoms with van der Waals surface area (Å²) in [5.74, 6) is 0.216. The summed E-state index contributed by atoms with van der Waals surface area (Å²) < 4.78 is 0. The Hall–Kier alpha value is -1.06. The topological polar surface area (TPSA) is 66.5 Å². The number of nitrogens with two attached hydrogens (primary N) is 1. The lowest BCUT2D eigenvalue weighted by molar-refractivity contribution is 0.164. The van der Waals surface area contributed by atoms with E-state index >= 15 is 0 Å². The van der Waals surface area contributed by atoms with Crippen molar-refractivity contribution in [3.05, 3.63) is 29.3 Å². The van der Waals surface area contributed by atoms with Gasteiger partial charge in [0.2, 0.25) is 0 Å². The van der Waals surface area contributed by atoms with Gasteiger partial charge in [0.25, 0.3) is 0 Å². The van der Waals surface area contributed by atoms with Crippen LogP contribution in [0.15, 0.2) is 18.2 Å². The first-order chi connectivity index (χ1) is 6.04. The monoisotopic (exact) mass is 181 g/mol. The van der Waals surface area contributed by atoms with Gasteiger partial charge < -0.3 is 15.9 Å². The van der Waals surface area contributed by atoms with Crippen molar-refractivity contribution in [2.45, 2.75) is 26.0 Å². The predicted octanol–water partition coefficient (Wildman–Crippen LogP) is 1.08. The molecule has 2 atom stereocenters. The first kappa shape index (κ1) is 10.0. The van der Waals surface area contributed by atoms with E-state index in [0.29, 0.717) is 0 Å². The zero-order valence-corrected chi connectivity index (χ0v) is 7.86. The third-order valence-corrected chi connectivity index (χ3v) is 2.23. The minimum Gasteiger partial charge on any atom is -0.508 e. The average molecular weight is 181 g/mol. The summed E-state index contributed by atoms with van der Waals surface area (Å²) >= 11 is 0. The Labute approximate surface area is 77.8 Å². The van der Waals surface area contributed by atoms with E-state index < -0.39 is 12.1 Å². The van der Waals surface area contributed by atoms with E-state index in [9.17, 15) is 10.2 Å². The average Bonchev–Trinajstić information content (AvgIpc) is 2.08. The molecule has 3 heteroatoms. The van der Waals surface area contributed by atoms with Gasteiger partial charge in [-0.25, -0.2) is 0 Å². The first-order valence-electron chi connectivity index (χ1n) is 4.26. The number of aliphatic hydroxyl groups excluding tert-OH is 1. The van der Waals surface area contributed by atoms with Crippen molar-refractivity contribution in [2.24, 2.45) is 5.73 Å². The van der Waals surface area contributed by atoms with Crippen molar-refractivity contribution in [1.29, 1.82) is 0 Å². The van der Waals surface area contributed by atoms with Gasteiger partial charge in [-0.2, -0.15) is 0 Å². The minimum atomic E-state index is -0.611. The minimum absolute atomic E-state index is 0.216. The number of hydrogen-bond donors (Lipinski definition) is 3. The van der Waals surface area contributed by atoms with Crippen LogP contribution in [0.1, 0.15) is 24.1 Å². The number of benzene rings is 1. The van der Waals surface area contributed by atoms with Gasteiger partial charge in [0.1, 0.15) is 5.75 Å². The number of rotatable bonds is 2. The Morgan fingerprint density at radius 3 is 2.54 bits per heavy atom. The summed E-state index contributed by atoms with van der Waals surface area (Å²) in [7, 11) is 0. The second-order valence-corrected chi connectivity index (χ2v) is 3.26. The van der Waals surface area contributed by atoms with Crippen molar-refractivity contribution in [1.82, 2.24) is 0 Å². The Kier molecular flexibility index (Phi) is 2.90. The molecule has 0 aliphatic rings. The molecule has 0 fully saturated rings. The van der Waals surface area contributed by atoms with Crippen molar-refractivity contribution >= 4 is 0 Å². The summed E-state index contributed by atoms with van der Waals surface area (Å²) in [4.78, 5) is 0. The summed E-state index contributed by atoms with van der Waals surface area (Å²) in [5.41, 5.74) is 7.27. The zero-order chi connectivity index (χ0) is 10.0. The number of aromatic hydroxyl groups is 1. The third-order valence-electron chi connectivity index (χ3n) is 2.23. The van der Waals surface area contributed by atoms with Crippen LogP contribution in [0, 0.1) is 6.92 Å². The molecule has 1 rings (SSSR count). The molecule has 1 aromatic rings. The quantitative estimate of drug-likeness (QED) is 0.639. The fourth-order valence-electron chi connectivity index (χ4n) is 1.26. The van der Waals surface area contributed by atoms with Crippen LogP contribution in [0.25, 0.3) is 0 Å². The Morgan fingerprint density at radius 2 is 2.00 bits per heavy atom. The van der Waals surface area contributed by atoms with Crippen molar-refractivity contribution in [3.8, 4) is 5.75 Å². The van der Waals surface area contributed by atoms with Crippen LogP contribution in [0.5, 0.6) is 5.75 Å². The molecule has 0 aliphatic heterocycles. The van der Waals surface area contributed by atoms with Crippen LogP contribution >= 0.6 is 0 Å². The lowest BCUT2D eigenvalue weighted by atomic mass is 9.98. The van der Waals surface area contributed by atoms with E-state index in [1.165, 1.54) is 0 Å². The lowest BCUT2D eigenvalue weighted by Crippen LogP contribution is -2.23. The molecule has 0 radical (unpaired) electrons. The van der Waals surface area contributed by atoms with Crippen molar-refractivity contribution in [3.63, 3.8) is 0 Å². The van der Waals surface area contributed by atoms with Crippen LogP contribution in [0.2, 0.25) is 0 Å². The van der Waals surface area contributed by atoms with E-state index in [4.69, 9.17) is 5.73 Å².